The number of hydrogen-bond acceptors (Lipinski definition) is 4. The van der Waals surface area contributed by atoms with Crippen LogP contribution in [0.2, 0.25) is 0 Å². The number of rotatable bonds is 8. The molecule has 0 atom stereocenters. The highest BCUT2D eigenvalue weighted by Crippen LogP contribution is 2.33. The quantitative estimate of drug-likeness (QED) is 0.659. The standard InChI is InChI=1S/C22H23NO3/c1-24-22-15-19(9-12-21(22)25-14-13-23)18-7-10-20(11-8-18)26-16-17-5-3-2-4-6-17/h2-12,15H,13-14,16,23H2,1H3. The Kier molecular flexibility index (Phi) is 6.12. The fourth-order valence-corrected chi connectivity index (χ4v) is 2.62. The second kappa shape index (κ2) is 8.92. The summed E-state index contributed by atoms with van der Waals surface area (Å²) in [6, 6.07) is 24.0. The van der Waals surface area contributed by atoms with Gasteiger partial charge in [-0.3, -0.25) is 0 Å². The molecule has 0 bridgehead atoms. The van der Waals surface area contributed by atoms with Gasteiger partial charge in [0.1, 0.15) is 19.0 Å². The molecule has 4 heteroatoms. The van der Waals surface area contributed by atoms with E-state index < -0.39 is 0 Å². The Morgan fingerprint density at radius 1 is 0.769 bits per heavy atom. The molecule has 2 N–H and O–H groups in total. The smallest absolute Gasteiger partial charge is 0.161 e. The Hall–Kier alpha value is -2.98. The summed E-state index contributed by atoms with van der Waals surface area (Å²) >= 11 is 0. The summed E-state index contributed by atoms with van der Waals surface area (Å²) in [4.78, 5) is 0. The lowest BCUT2D eigenvalue weighted by atomic mass is 10.0. The summed E-state index contributed by atoms with van der Waals surface area (Å²) in [6.07, 6.45) is 0. The van der Waals surface area contributed by atoms with Gasteiger partial charge in [-0.15, -0.1) is 0 Å². The van der Waals surface area contributed by atoms with Crippen LogP contribution in [0.25, 0.3) is 11.1 Å². The maximum atomic E-state index is 5.83. The predicted molar refractivity (Wildman–Crippen MR) is 104 cm³/mol. The predicted octanol–water partition coefficient (Wildman–Crippen LogP) is 4.28. The molecule has 0 radical (unpaired) electrons. The molecule has 0 fully saturated rings. The molecule has 0 saturated heterocycles. The minimum Gasteiger partial charge on any atom is -0.493 e. The Morgan fingerprint density at radius 2 is 1.50 bits per heavy atom. The number of methoxy groups -OCH3 is 1. The second-order valence-electron chi connectivity index (χ2n) is 5.80. The zero-order valence-corrected chi connectivity index (χ0v) is 14.9. The highest BCUT2D eigenvalue weighted by molar-refractivity contribution is 5.67. The fourth-order valence-electron chi connectivity index (χ4n) is 2.62. The van der Waals surface area contributed by atoms with Crippen LogP contribution in [0.4, 0.5) is 0 Å². The molecule has 3 aromatic carbocycles. The molecule has 0 aliphatic heterocycles. The first kappa shape index (κ1) is 17.8. The van der Waals surface area contributed by atoms with E-state index in [9.17, 15) is 0 Å². The SMILES string of the molecule is COc1cc(-c2ccc(OCc3ccccc3)cc2)ccc1OCCN. The summed E-state index contributed by atoms with van der Waals surface area (Å²) < 4.78 is 16.9. The molecule has 0 saturated carbocycles. The van der Waals surface area contributed by atoms with E-state index >= 15 is 0 Å². The van der Waals surface area contributed by atoms with Crippen molar-refractivity contribution in [2.24, 2.45) is 5.73 Å². The number of hydrogen-bond donors (Lipinski definition) is 1. The largest absolute Gasteiger partial charge is 0.493 e. The maximum absolute atomic E-state index is 5.83. The molecule has 3 rings (SSSR count). The van der Waals surface area contributed by atoms with Gasteiger partial charge in [0.2, 0.25) is 0 Å². The molecule has 0 unspecified atom stereocenters. The molecule has 0 heterocycles. The van der Waals surface area contributed by atoms with Crippen LogP contribution in [-0.4, -0.2) is 20.3 Å². The molecule has 0 aromatic heterocycles. The third-order valence-electron chi connectivity index (χ3n) is 3.98. The van der Waals surface area contributed by atoms with Crippen molar-refractivity contribution < 1.29 is 14.2 Å². The van der Waals surface area contributed by atoms with E-state index in [1.165, 1.54) is 0 Å². The molecule has 0 aliphatic rings. The van der Waals surface area contributed by atoms with Crippen molar-refractivity contribution in [2.45, 2.75) is 6.61 Å². The first-order valence-corrected chi connectivity index (χ1v) is 8.58. The lowest BCUT2D eigenvalue weighted by Gasteiger charge is -2.12. The van der Waals surface area contributed by atoms with Crippen LogP contribution in [0, 0.1) is 0 Å². The Bertz CT molecular complexity index is 817. The van der Waals surface area contributed by atoms with Gasteiger partial charge in [0.15, 0.2) is 11.5 Å². The fraction of sp³-hybridized carbons (Fsp3) is 0.182. The molecule has 26 heavy (non-hydrogen) atoms. The lowest BCUT2D eigenvalue weighted by molar-refractivity contribution is 0.302. The monoisotopic (exact) mass is 349 g/mol. The van der Waals surface area contributed by atoms with E-state index in [1.807, 2.05) is 60.7 Å². The van der Waals surface area contributed by atoms with Gasteiger partial charge in [-0.05, 0) is 41.0 Å². The lowest BCUT2D eigenvalue weighted by Crippen LogP contribution is -2.11. The van der Waals surface area contributed by atoms with E-state index in [1.54, 1.807) is 7.11 Å². The highest BCUT2D eigenvalue weighted by atomic mass is 16.5. The minimum absolute atomic E-state index is 0.461. The Balaban J connectivity index is 1.69. The summed E-state index contributed by atoms with van der Waals surface area (Å²) in [5.74, 6) is 2.23. The molecule has 3 aromatic rings. The van der Waals surface area contributed by atoms with Crippen LogP contribution in [0.3, 0.4) is 0 Å². The summed E-state index contributed by atoms with van der Waals surface area (Å²) in [6.45, 7) is 1.49. The number of benzene rings is 3. The molecule has 0 aliphatic carbocycles. The molecule has 134 valence electrons. The molecule has 0 spiro atoms. The third kappa shape index (κ3) is 4.55. The minimum atomic E-state index is 0.461. The van der Waals surface area contributed by atoms with E-state index in [0.29, 0.717) is 31.3 Å². The van der Waals surface area contributed by atoms with Crippen LogP contribution in [0.15, 0.2) is 72.8 Å². The average molecular weight is 349 g/mol. The van der Waals surface area contributed by atoms with Crippen molar-refractivity contribution in [1.82, 2.24) is 0 Å². The van der Waals surface area contributed by atoms with Gasteiger partial charge in [0, 0.05) is 6.54 Å². The van der Waals surface area contributed by atoms with Gasteiger partial charge < -0.3 is 19.9 Å². The van der Waals surface area contributed by atoms with E-state index in [2.05, 4.69) is 12.1 Å². The van der Waals surface area contributed by atoms with Gasteiger partial charge in [0.25, 0.3) is 0 Å². The Morgan fingerprint density at radius 3 is 2.19 bits per heavy atom. The van der Waals surface area contributed by atoms with E-state index in [-0.39, 0.29) is 0 Å². The molecule has 0 amide bonds. The first-order valence-electron chi connectivity index (χ1n) is 8.58. The normalized spacial score (nSPS) is 10.4. The summed E-state index contributed by atoms with van der Waals surface area (Å²) in [5.41, 5.74) is 8.77. The van der Waals surface area contributed by atoms with Gasteiger partial charge in [-0.2, -0.15) is 0 Å². The summed E-state index contributed by atoms with van der Waals surface area (Å²) in [5, 5.41) is 0. The number of ether oxygens (including phenoxy) is 3. The maximum Gasteiger partial charge on any atom is 0.161 e. The third-order valence-corrected chi connectivity index (χ3v) is 3.98. The van der Waals surface area contributed by atoms with Crippen LogP contribution >= 0.6 is 0 Å². The van der Waals surface area contributed by atoms with E-state index in [0.717, 1.165) is 22.4 Å². The van der Waals surface area contributed by atoms with Gasteiger partial charge in [-0.1, -0.05) is 48.5 Å². The van der Waals surface area contributed by atoms with Crippen molar-refractivity contribution in [3.05, 3.63) is 78.4 Å². The Labute approximate surface area is 154 Å². The number of nitrogens with two attached hydrogens (primary N) is 1. The van der Waals surface area contributed by atoms with Crippen LogP contribution in [0.5, 0.6) is 17.2 Å². The molecular weight excluding hydrogens is 326 g/mol. The topological polar surface area (TPSA) is 53.7 Å². The van der Waals surface area contributed by atoms with E-state index in [4.69, 9.17) is 19.9 Å². The van der Waals surface area contributed by atoms with Crippen LogP contribution in [0.1, 0.15) is 5.56 Å². The summed E-state index contributed by atoms with van der Waals surface area (Å²) in [7, 11) is 1.63. The van der Waals surface area contributed by atoms with Crippen molar-refractivity contribution in [3.8, 4) is 28.4 Å². The zero-order chi connectivity index (χ0) is 18.2. The molecular formula is C22H23NO3. The zero-order valence-electron chi connectivity index (χ0n) is 14.9. The van der Waals surface area contributed by atoms with Gasteiger partial charge >= 0.3 is 0 Å². The highest BCUT2D eigenvalue weighted by Gasteiger charge is 2.07. The van der Waals surface area contributed by atoms with Gasteiger partial charge in [0.05, 0.1) is 7.11 Å². The first-order chi connectivity index (χ1) is 12.8. The van der Waals surface area contributed by atoms with Gasteiger partial charge in [-0.25, -0.2) is 0 Å². The van der Waals surface area contributed by atoms with Crippen LogP contribution < -0.4 is 19.9 Å². The van der Waals surface area contributed by atoms with Crippen molar-refractivity contribution in [1.29, 1.82) is 0 Å². The average Bonchev–Trinajstić information content (AvgIpc) is 2.72. The molecule has 4 nitrogen and oxygen atoms in total. The van der Waals surface area contributed by atoms with Crippen molar-refractivity contribution in [2.75, 3.05) is 20.3 Å². The van der Waals surface area contributed by atoms with Crippen LogP contribution in [-0.2, 0) is 6.61 Å². The second-order valence-corrected chi connectivity index (χ2v) is 5.80. The van der Waals surface area contributed by atoms with Crippen molar-refractivity contribution >= 4 is 0 Å². The van der Waals surface area contributed by atoms with Crippen molar-refractivity contribution in [3.63, 3.8) is 0 Å².